The molecule has 0 spiro atoms. The summed E-state index contributed by atoms with van der Waals surface area (Å²) in [5.41, 5.74) is 0.525. The van der Waals surface area contributed by atoms with Crippen molar-refractivity contribution in [1.29, 1.82) is 0 Å². The molecule has 0 fully saturated rings. The molecule has 0 radical (unpaired) electrons. The van der Waals surface area contributed by atoms with Gasteiger partial charge in [0.15, 0.2) is 0 Å². The highest BCUT2D eigenvalue weighted by molar-refractivity contribution is 7.18. The van der Waals surface area contributed by atoms with Crippen LogP contribution in [0, 0.1) is 5.92 Å². The number of amides is 1. The largest absolute Gasteiger partial charge is 0.506 e. The molecule has 1 aliphatic carbocycles. The highest BCUT2D eigenvalue weighted by atomic mass is 35.5. The summed E-state index contributed by atoms with van der Waals surface area (Å²) in [7, 11) is 1.49. The molecular weight excluding hydrogens is 400 g/mol. The van der Waals surface area contributed by atoms with Gasteiger partial charge in [0.1, 0.15) is 21.9 Å². The number of anilines is 1. The number of aromatic hydroxyl groups is 1. The van der Waals surface area contributed by atoms with E-state index in [0.29, 0.717) is 32.6 Å². The molecule has 0 bridgehead atoms. The Kier molecular flexibility index (Phi) is 4.81. The van der Waals surface area contributed by atoms with Crippen LogP contribution in [-0.4, -0.2) is 23.1 Å². The minimum Gasteiger partial charge on any atom is -0.506 e. The van der Waals surface area contributed by atoms with Gasteiger partial charge in [-0.05, 0) is 48.9 Å². The number of hydrogen-bond acceptors (Lipinski definition) is 5. The van der Waals surface area contributed by atoms with Crippen molar-refractivity contribution < 1.29 is 14.6 Å². The second-order valence-electron chi connectivity index (χ2n) is 7.04. The van der Waals surface area contributed by atoms with Crippen LogP contribution in [0.5, 0.6) is 11.5 Å². The van der Waals surface area contributed by atoms with Crippen LogP contribution in [0.4, 0.5) is 5.69 Å². The second kappa shape index (κ2) is 7.14. The minimum absolute atomic E-state index is 0.261. The molecule has 2 heterocycles. The summed E-state index contributed by atoms with van der Waals surface area (Å²) < 4.78 is 5.09. The van der Waals surface area contributed by atoms with Crippen LogP contribution >= 0.6 is 22.9 Å². The van der Waals surface area contributed by atoms with E-state index in [4.69, 9.17) is 16.3 Å². The second-order valence-corrected chi connectivity index (χ2v) is 8.55. The van der Waals surface area contributed by atoms with Crippen LogP contribution in [0.1, 0.15) is 34.1 Å². The number of pyridine rings is 1. The molecule has 1 amide bonds. The van der Waals surface area contributed by atoms with Gasteiger partial charge in [0.25, 0.3) is 11.5 Å². The summed E-state index contributed by atoms with van der Waals surface area (Å²) in [6.07, 6.45) is 2.76. The number of methoxy groups -OCH3 is 1. The summed E-state index contributed by atoms with van der Waals surface area (Å²) in [5, 5.41) is 14.3. The quantitative estimate of drug-likeness (QED) is 0.590. The fourth-order valence-electron chi connectivity index (χ4n) is 3.64. The molecule has 3 aromatic rings. The zero-order valence-electron chi connectivity index (χ0n) is 15.4. The Bertz CT molecular complexity index is 1150. The lowest BCUT2D eigenvalue weighted by Gasteiger charge is -2.18. The number of thiophene rings is 1. The van der Waals surface area contributed by atoms with Crippen LogP contribution in [0.3, 0.4) is 0 Å². The Morgan fingerprint density at radius 1 is 1.43 bits per heavy atom. The predicted molar refractivity (Wildman–Crippen MR) is 111 cm³/mol. The van der Waals surface area contributed by atoms with Crippen LogP contribution in [0.25, 0.3) is 10.2 Å². The van der Waals surface area contributed by atoms with Crippen molar-refractivity contribution in [2.45, 2.75) is 26.2 Å². The Balaban J connectivity index is 1.75. The number of nitrogens with one attached hydrogen (secondary N) is 2. The van der Waals surface area contributed by atoms with Gasteiger partial charge in [0, 0.05) is 10.6 Å². The lowest BCUT2D eigenvalue weighted by molar-refractivity contribution is 0.102. The smallest absolute Gasteiger partial charge is 0.265 e. The summed E-state index contributed by atoms with van der Waals surface area (Å²) >= 11 is 7.57. The maximum absolute atomic E-state index is 12.7. The summed E-state index contributed by atoms with van der Waals surface area (Å²) in [4.78, 5) is 29.8. The van der Waals surface area contributed by atoms with E-state index in [0.717, 1.165) is 24.8 Å². The van der Waals surface area contributed by atoms with Crippen molar-refractivity contribution in [2.75, 3.05) is 12.4 Å². The van der Waals surface area contributed by atoms with E-state index in [1.165, 1.54) is 29.4 Å². The van der Waals surface area contributed by atoms with Gasteiger partial charge in [-0.1, -0.05) is 18.5 Å². The number of aromatic amines is 1. The van der Waals surface area contributed by atoms with Crippen molar-refractivity contribution in [2.24, 2.45) is 5.92 Å². The van der Waals surface area contributed by atoms with E-state index in [2.05, 4.69) is 17.2 Å². The zero-order valence-corrected chi connectivity index (χ0v) is 17.0. The zero-order chi connectivity index (χ0) is 20.0. The maximum atomic E-state index is 12.7. The van der Waals surface area contributed by atoms with Crippen LogP contribution < -0.4 is 15.6 Å². The standard InChI is InChI=1S/C20H19ClN2O4S/c1-9-3-5-11-14(7-9)28-20-15(11)17(24)16(19(26)23-20)18(25)22-10-4-6-13(27-2)12(21)8-10/h4,6,8-9H,3,5,7H2,1-2H3,(H,22,25)(H2,23,24,26)/t9-/m1/s1. The number of ether oxygens (including phenoxy) is 1. The Morgan fingerprint density at radius 3 is 2.93 bits per heavy atom. The van der Waals surface area contributed by atoms with Gasteiger partial charge < -0.3 is 20.1 Å². The van der Waals surface area contributed by atoms with Gasteiger partial charge >= 0.3 is 0 Å². The first-order valence-corrected chi connectivity index (χ1v) is 10.1. The number of rotatable bonds is 3. The van der Waals surface area contributed by atoms with Gasteiger partial charge in [-0.15, -0.1) is 11.3 Å². The Labute approximate surface area is 170 Å². The monoisotopic (exact) mass is 418 g/mol. The molecule has 3 N–H and O–H groups in total. The summed E-state index contributed by atoms with van der Waals surface area (Å²) in [6, 6.07) is 4.75. The lowest BCUT2D eigenvalue weighted by atomic mass is 9.89. The number of H-pyrrole nitrogens is 1. The Hall–Kier alpha value is -2.51. The maximum Gasteiger partial charge on any atom is 0.265 e. The molecule has 4 rings (SSSR count). The number of aryl methyl sites for hydroxylation is 1. The first-order chi connectivity index (χ1) is 13.4. The third-order valence-corrected chi connectivity index (χ3v) is 6.54. The number of carbonyl (C=O) groups is 1. The van der Waals surface area contributed by atoms with Crippen molar-refractivity contribution in [3.8, 4) is 11.5 Å². The van der Waals surface area contributed by atoms with Crippen LogP contribution in [0.2, 0.25) is 5.02 Å². The van der Waals surface area contributed by atoms with E-state index < -0.39 is 11.5 Å². The lowest BCUT2D eigenvalue weighted by Crippen LogP contribution is -2.23. The normalized spacial score (nSPS) is 16.0. The molecule has 0 aliphatic heterocycles. The fraction of sp³-hybridized carbons (Fsp3) is 0.300. The van der Waals surface area contributed by atoms with E-state index in [9.17, 15) is 14.7 Å². The number of aromatic nitrogens is 1. The molecule has 146 valence electrons. The molecule has 6 nitrogen and oxygen atoms in total. The number of halogens is 1. The van der Waals surface area contributed by atoms with E-state index in [1.807, 2.05) is 0 Å². The number of carbonyl (C=O) groups excluding carboxylic acids is 1. The molecule has 8 heteroatoms. The van der Waals surface area contributed by atoms with Crippen molar-refractivity contribution in [3.05, 3.63) is 49.6 Å². The highest BCUT2D eigenvalue weighted by Crippen LogP contribution is 2.41. The van der Waals surface area contributed by atoms with Gasteiger partial charge in [0.2, 0.25) is 0 Å². The van der Waals surface area contributed by atoms with Gasteiger partial charge in [-0.3, -0.25) is 9.59 Å². The first-order valence-electron chi connectivity index (χ1n) is 8.93. The molecule has 0 saturated heterocycles. The van der Waals surface area contributed by atoms with Gasteiger partial charge in [-0.25, -0.2) is 0 Å². The van der Waals surface area contributed by atoms with Crippen LogP contribution in [-0.2, 0) is 12.8 Å². The minimum atomic E-state index is -0.689. The third-order valence-electron chi connectivity index (χ3n) is 5.08. The molecule has 1 atom stereocenters. The predicted octanol–water partition coefficient (Wildman–Crippen LogP) is 4.33. The number of hydrogen-bond donors (Lipinski definition) is 3. The summed E-state index contributed by atoms with van der Waals surface area (Å²) in [6.45, 7) is 2.19. The molecule has 1 aliphatic rings. The third kappa shape index (κ3) is 3.14. The molecular formula is C20H19ClN2O4S. The van der Waals surface area contributed by atoms with Crippen molar-refractivity contribution in [1.82, 2.24) is 4.98 Å². The van der Waals surface area contributed by atoms with Gasteiger partial charge in [0.05, 0.1) is 17.5 Å². The molecule has 0 unspecified atom stereocenters. The number of fused-ring (bicyclic) bond motifs is 3. The average Bonchev–Trinajstić information content (AvgIpc) is 2.98. The van der Waals surface area contributed by atoms with E-state index in [1.54, 1.807) is 12.1 Å². The fourth-order valence-corrected chi connectivity index (χ4v) is 5.30. The Morgan fingerprint density at radius 2 is 2.21 bits per heavy atom. The molecule has 0 saturated carbocycles. The average molecular weight is 419 g/mol. The van der Waals surface area contributed by atoms with Crippen LogP contribution in [0.15, 0.2) is 23.0 Å². The molecule has 28 heavy (non-hydrogen) atoms. The summed E-state index contributed by atoms with van der Waals surface area (Å²) in [5.74, 6) is 0.0897. The number of benzene rings is 1. The SMILES string of the molecule is COc1ccc(NC(=O)c2c(O)c3c4c(sc3[nH]c2=O)C[C@H](C)CC4)cc1Cl. The van der Waals surface area contributed by atoms with E-state index >= 15 is 0 Å². The highest BCUT2D eigenvalue weighted by Gasteiger charge is 2.27. The van der Waals surface area contributed by atoms with Gasteiger partial charge in [-0.2, -0.15) is 0 Å². The van der Waals surface area contributed by atoms with E-state index in [-0.39, 0.29) is 11.3 Å². The molecule has 2 aromatic heterocycles. The first kappa shape index (κ1) is 18.8. The molecule has 1 aromatic carbocycles. The van der Waals surface area contributed by atoms with Crippen molar-refractivity contribution in [3.63, 3.8) is 0 Å². The van der Waals surface area contributed by atoms with Crippen molar-refractivity contribution >= 4 is 44.7 Å². The topological polar surface area (TPSA) is 91.4 Å².